The monoisotopic (exact) mass is 316 g/mol. The molecule has 0 spiro atoms. The molecule has 0 aliphatic carbocycles. The maximum absolute atomic E-state index is 12.1. The van der Waals surface area contributed by atoms with E-state index in [0.717, 1.165) is 5.57 Å². The molecule has 122 valence electrons. The number of aromatic hydroxyl groups is 1. The number of phenols is 1. The van der Waals surface area contributed by atoms with Crippen molar-refractivity contribution in [2.75, 3.05) is 13.1 Å². The third-order valence-corrected chi connectivity index (χ3v) is 3.24. The quantitative estimate of drug-likeness (QED) is 0.848. The molecule has 6 heteroatoms. The standard InChI is InChI=1S/C17H20N2O4/c1-11-9-19(16(21)23-17(2,3)4)10-15(11)22-14-6-5-12(8-18)7-13(14)20/h5-7,15,20H,1,9-10H2,2-4H3/t15-/m0/s1. The van der Waals surface area contributed by atoms with E-state index in [1.165, 1.54) is 17.0 Å². The fraction of sp³-hybridized carbons (Fsp3) is 0.412. The Hall–Kier alpha value is -2.68. The number of rotatable bonds is 2. The van der Waals surface area contributed by atoms with Gasteiger partial charge in [0.2, 0.25) is 0 Å². The number of hydrogen-bond donors (Lipinski definition) is 1. The number of hydrogen-bond acceptors (Lipinski definition) is 5. The molecule has 6 nitrogen and oxygen atoms in total. The summed E-state index contributed by atoms with van der Waals surface area (Å²) in [5, 5.41) is 18.7. The molecule has 1 amide bonds. The van der Waals surface area contributed by atoms with Gasteiger partial charge in [-0.2, -0.15) is 5.26 Å². The van der Waals surface area contributed by atoms with Gasteiger partial charge in [-0.05, 0) is 38.5 Å². The van der Waals surface area contributed by atoms with Gasteiger partial charge < -0.3 is 19.5 Å². The number of nitrogens with zero attached hydrogens (tertiary/aromatic N) is 2. The van der Waals surface area contributed by atoms with Crippen molar-refractivity contribution in [2.24, 2.45) is 0 Å². The molecule has 0 saturated carbocycles. The summed E-state index contributed by atoms with van der Waals surface area (Å²) in [4.78, 5) is 13.6. The maximum atomic E-state index is 12.1. The first-order chi connectivity index (χ1) is 10.7. The van der Waals surface area contributed by atoms with Crippen LogP contribution in [0.1, 0.15) is 26.3 Å². The highest BCUT2D eigenvalue weighted by Gasteiger charge is 2.33. The molecule has 0 aromatic heterocycles. The zero-order valence-electron chi connectivity index (χ0n) is 13.5. The van der Waals surface area contributed by atoms with Crippen LogP contribution in [0.25, 0.3) is 0 Å². The number of nitriles is 1. The second-order valence-corrected chi connectivity index (χ2v) is 6.42. The first kappa shape index (κ1) is 16.7. The van der Waals surface area contributed by atoms with Crippen molar-refractivity contribution >= 4 is 6.09 Å². The lowest BCUT2D eigenvalue weighted by Crippen LogP contribution is -2.36. The Morgan fingerprint density at radius 2 is 2.17 bits per heavy atom. The van der Waals surface area contributed by atoms with Crippen molar-refractivity contribution in [3.63, 3.8) is 0 Å². The summed E-state index contributed by atoms with van der Waals surface area (Å²) in [5.74, 6) is 0.133. The Morgan fingerprint density at radius 1 is 1.48 bits per heavy atom. The van der Waals surface area contributed by atoms with Crippen molar-refractivity contribution in [3.8, 4) is 17.6 Å². The van der Waals surface area contributed by atoms with Gasteiger partial charge in [-0.3, -0.25) is 0 Å². The van der Waals surface area contributed by atoms with Gasteiger partial charge in [-0.1, -0.05) is 6.58 Å². The molecular weight excluding hydrogens is 296 g/mol. The third kappa shape index (κ3) is 4.16. The predicted molar refractivity (Wildman–Crippen MR) is 84.2 cm³/mol. The average molecular weight is 316 g/mol. The second-order valence-electron chi connectivity index (χ2n) is 6.42. The van der Waals surface area contributed by atoms with Crippen LogP contribution in [0.5, 0.6) is 11.5 Å². The van der Waals surface area contributed by atoms with E-state index in [2.05, 4.69) is 6.58 Å². The Balaban J connectivity index is 2.04. The summed E-state index contributed by atoms with van der Waals surface area (Å²) in [7, 11) is 0. The molecular formula is C17H20N2O4. The van der Waals surface area contributed by atoms with E-state index >= 15 is 0 Å². The molecule has 2 rings (SSSR count). The summed E-state index contributed by atoms with van der Waals surface area (Å²) in [6, 6.07) is 6.35. The Morgan fingerprint density at radius 3 is 2.74 bits per heavy atom. The number of ether oxygens (including phenoxy) is 2. The number of carbonyl (C=O) groups excluding carboxylic acids is 1. The van der Waals surface area contributed by atoms with Crippen LogP contribution in [0.2, 0.25) is 0 Å². The highest BCUT2D eigenvalue weighted by Crippen LogP contribution is 2.30. The molecule has 1 saturated heterocycles. The van der Waals surface area contributed by atoms with Crippen molar-refractivity contribution in [3.05, 3.63) is 35.9 Å². The minimum atomic E-state index is -0.567. The number of amides is 1. The van der Waals surface area contributed by atoms with E-state index in [-0.39, 0.29) is 11.5 Å². The average Bonchev–Trinajstić information content (AvgIpc) is 2.81. The molecule has 1 aliphatic rings. The van der Waals surface area contributed by atoms with Gasteiger partial charge in [0.15, 0.2) is 11.5 Å². The Bertz CT molecular complexity index is 670. The van der Waals surface area contributed by atoms with Crippen LogP contribution < -0.4 is 4.74 Å². The van der Waals surface area contributed by atoms with Crippen LogP contribution >= 0.6 is 0 Å². The summed E-state index contributed by atoms with van der Waals surface area (Å²) >= 11 is 0. The topological polar surface area (TPSA) is 82.8 Å². The molecule has 1 atom stereocenters. The molecule has 0 unspecified atom stereocenters. The summed E-state index contributed by atoms with van der Waals surface area (Å²) in [6.07, 6.45) is -0.852. The van der Waals surface area contributed by atoms with Crippen LogP contribution in [0.15, 0.2) is 30.4 Å². The number of phenolic OH excluding ortho intramolecular Hbond substituents is 1. The zero-order valence-corrected chi connectivity index (χ0v) is 13.5. The van der Waals surface area contributed by atoms with Gasteiger partial charge in [0, 0.05) is 12.6 Å². The van der Waals surface area contributed by atoms with E-state index in [1.807, 2.05) is 6.07 Å². The molecule has 23 heavy (non-hydrogen) atoms. The van der Waals surface area contributed by atoms with E-state index in [9.17, 15) is 9.90 Å². The van der Waals surface area contributed by atoms with E-state index in [4.69, 9.17) is 14.7 Å². The number of likely N-dealkylation sites (tertiary alicyclic amines) is 1. The van der Waals surface area contributed by atoms with E-state index in [0.29, 0.717) is 18.7 Å². The molecule has 0 bridgehead atoms. The lowest BCUT2D eigenvalue weighted by atomic mass is 10.2. The van der Waals surface area contributed by atoms with Crippen LogP contribution in [-0.4, -0.2) is 40.9 Å². The largest absolute Gasteiger partial charge is 0.504 e. The van der Waals surface area contributed by atoms with E-state index in [1.54, 1.807) is 26.8 Å². The SMILES string of the molecule is C=C1CN(C(=O)OC(C)(C)C)C[C@@H]1Oc1ccc(C#N)cc1O. The number of benzene rings is 1. The van der Waals surface area contributed by atoms with Gasteiger partial charge in [-0.15, -0.1) is 0 Å². The summed E-state index contributed by atoms with van der Waals surface area (Å²) < 4.78 is 11.0. The van der Waals surface area contributed by atoms with E-state index < -0.39 is 17.8 Å². The zero-order chi connectivity index (χ0) is 17.2. The first-order valence-electron chi connectivity index (χ1n) is 7.25. The molecule has 1 N–H and O–H groups in total. The molecule has 1 fully saturated rings. The Kier molecular flexibility index (Phi) is 4.50. The fourth-order valence-electron chi connectivity index (χ4n) is 2.17. The minimum Gasteiger partial charge on any atom is -0.504 e. The predicted octanol–water partition coefficient (Wildman–Crippen LogP) is 2.82. The normalized spacial score (nSPS) is 17.7. The van der Waals surface area contributed by atoms with Gasteiger partial charge >= 0.3 is 6.09 Å². The van der Waals surface area contributed by atoms with Crippen molar-refractivity contribution in [1.82, 2.24) is 4.90 Å². The van der Waals surface area contributed by atoms with Crippen LogP contribution in [-0.2, 0) is 4.74 Å². The smallest absolute Gasteiger partial charge is 0.410 e. The van der Waals surface area contributed by atoms with Gasteiger partial charge in [-0.25, -0.2) is 4.79 Å². The lowest BCUT2D eigenvalue weighted by Gasteiger charge is -2.24. The molecule has 1 aliphatic heterocycles. The highest BCUT2D eigenvalue weighted by molar-refractivity contribution is 5.69. The Labute approximate surface area is 135 Å². The molecule has 1 aromatic carbocycles. The van der Waals surface area contributed by atoms with Gasteiger partial charge in [0.05, 0.1) is 18.2 Å². The van der Waals surface area contributed by atoms with Crippen LogP contribution in [0.3, 0.4) is 0 Å². The van der Waals surface area contributed by atoms with Crippen LogP contribution in [0.4, 0.5) is 4.79 Å². The second kappa shape index (κ2) is 6.21. The minimum absolute atomic E-state index is 0.118. The first-order valence-corrected chi connectivity index (χ1v) is 7.25. The maximum Gasteiger partial charge on any atom is 0.410 e. The summed E-state index contributed by atoms with van der Waals surface area (Å²) in [6.45, 7) is 9.97. The highest BCUT2D eigenvalue weighted by atomic mass is 16.6. The fourth-order valence-corrected chi connectivity index (χ4v) is 2.17. The lowest BCUT2D eigenvalue weighted by molar-refractivity contribution is 0.0276. The third-order valence-electron chi connectivity index (χ3n) is 3.24. The molecule has 0 radical (unpaired) electrons. The summed E-state index contributed by atoms with van der Waals surface area (Å²) in [5.41, 5.74) is 0.498. The molecule has 1 heterocycles. The van der Waals surface area contributed by atoms with Crippen LogP contribution in [0, 0.1) is 11.3 Å². The van der Waals surface area contributed by atoms with Crippen molar-refractivity contribution < 1.29 is 19.4 Å². The van der Waals surface area contributed by atoms with Crippen molar-refractivity contribution in [2.45, 2.75) is 32.5 Å². The van der Waals surface area contributed by atoms with Gasteiger partial charge in [0.25, 0.3) is 0 Å². The number of carbonyl (C=O) groups is 1. The van der Waals surface area contributed by atoms with Crippen molar-refractivity contribution in [1.29, 1.82) is 5.26 Å². The van der Waals surface area contributed by atoms with Gasteiger partial charge in [0.1, 0.15) is 11.7 Å². The molecule has 1 aromatic rings.